The molecule has 0 saturated carbocycles. The second kappa shape index (κ2) is 9.96. The molecular formula is C20H24IN5. The van der Waals surface area contributed by atoms with E-state index in [4.69, 9.17) is 5.73 Å². The monoisotopic (exact) mass is 461 g/mol. The summed E-state index contributed by atoms with van der Waals surface area (Å²) < 4.78 is 1.87. The molecule has 26 heavy (non-hydrogen) atoms. The highest BCUT2D eigenvalue weighted by atomic mass is 127. The molecule has 0 saturated heterocycles. The maximum absolute atomic E-state index is 5.95. The summed E-state index contributed by atoms with van der Waals surface area (Å²) in [4.78, 5) is 4.39. The first-order chi connectivity index (χ1) is 12.2. The van der Waals surface area contributed by atoms with Crippen LogP contribution in [0.25, 0.3) is 5.69 Å². The van der Waals surface area contributed by atoms with E-state index in [2.05, 4.69) is 34.5 Å². The molecule has 3 aromatic rings. The maximum atomic E-state index is 5.95. The molecule has 0 fully saturated rings. The molecule has 136 valence electrons. The fraction of sp³-hybridized carbons (Fsp3) is 0.200. The largest absolute Gasteiger partial charge is 0.370 e. The maximum Gasteiger partial charge on any atom is 0.193 e. The second-order valence-electron chi connectivity index (χ2n) is 5.82. The van der Waals surface area contributed by atoms with Crippen LogP contribution < -0.4 is 11.1 Å². The van der Waals surface area contributed by atoms with Crippen LogP contribution in [0, 0.1) is 0 Å². The molecule has 3 N–H and O–H groups in total. The normalized spacial score (nSPS) is 11.0. The number of halogens is 1. The Morgan fingerprint density at radius 1 is 1.08 bits per heavy atom. The molecule has 3 rings (SSSR count). The molecule has 0 aliphatic carbocycles. The zero-order valence-corrected chi connectivity index (χ0v) is 17.1. The van der Waals surface area contributed by atoms with Crippen LogP contribution in [-0.2, 0) is 12.8 Å². The van der Waals surface area contributed by atoms with E-state index in [1.165, 1.54) is 5.56 Å². The van der Waals surface area contributed by atoms with Gasteiger partial charge in [0.1, 0.15) is 0 Å². The van der Waals surface area contributed by atoms with Gasteiger partial charge in [-0.1, -0.05) is 37.3 Å². The average molecular weight is 461 g/mol. The fourth-order valence-corrected chi connectivity index (χ4v) is 2.53. The van der Waals surface area contributed by atoms with Gasteiger partial charge in [-0.15, -0.1) is 24.0 Å². The quantitative estimate of drug-likeness (QED) is 0.331. The van der Waals surface area contributed by atoms with Gasteiger partial charge < -0.3 is 11.1 Å². The minimum atomic E-state index is 0. The van der Waals surface area contributed by atoms with Crippen molar-refractivity contribution in [2.45, 2.75) is 19.8 Å². The van der Waals surface area contributed by atoms with E-state index in [0.717, 1.165) is 29.8 Å². The summed E-state index contributed by atoms with van der Waals surface area (Å²) >= 11 is 0. The predicted octanol–water partition coefficient (Wildman–Crippen LogP) is 4.02. The number of guanidine groups is 1. The Kier molecular flexibility index (Phi) is 7.65. The first kappa shape index (κ1) is 20.0. The number of hydrogen-bond donors (Lipinski definition) is 2. The average Bonchev–Trinajstić information content (AvgIpc) is 3.12. The van der Waals surface area contributed by atoms with Gasteiger partial charge in [-0.25, -0.2) is 4.68 Å². The van der Waals surface area contributed by atoms with Crippen molar-refractivity contribution < 1.29 is 0 Å². The van der Waals surface area contributed by atoms with Crippen LogP contribution in [0.2, 0.25) is 0 Å². The van der Waals surface area contributed by atoms with Gasteiger partial charge in [0.15, 0.2) is 5.96 Å². The van der Waals surface area contributed by atoms with Crippen LogP contribution in [0.15, 0.2) is 72.0 Å². The Labute approximate surface area is 171 Å². The van der Waals surface area contributed by atoms with Crippen LogP contribution in [0.3, 0.4) is 0 Å². The van der Waals surface area contributed by atoms with Crippen LogP contribution in [0.1, 0.15) is 18.1 Å². The smallest absolute Gasteiger partial charge is 0.193 e. The number of benzene rings is 2. The van der Waals surface area contributed by atoms with Gasteiger partial charge in [0.05, 0.1) is 11.9 Å². The number of para-hydroxylation sites is 1. The van der Waals surface area contributed by atoms with E-state index in [0.29, 0.717) is 12.5 Å². The van der Waals surface area contributed by atoms with E-state index in [1.807, 2.05) is 59.5 Å². The molecule has 2 aromatic carbocycles. The van der Waals surface area contributed by atoms with E-state index >= 15 is 0 Å². The SMILES string of the molecule is CCc1ccc(NC(N)=NCCc2cnn(-c3ccccc3)c2)cc1.I. The first-order valence-corrected chi connectivity index (χ1v) is 8.49. The van der Waals surface area contributed by atoms with E-state index in [9.17, 15) is 0 Å². The number of aryl methyl sites for hydroxylation is 1. The van der Waals surface area contributed by atoms with Gasteiger partial charge in [0.2, 0.25) is 0 Å². The van der Waals surface area contributed by atoms with Gasteiger partial charge >= 0.3 is 0 Å². The topological polar surface area (TPSA) is 68.2 Å². The summed E-state index contributed by atoms with van der Waals surface area (Å²) in [7, 11) is 0. The van der Waals surface area contributed by atoms with E-state index < -0.39 is 0 Å². The van der Waals surface area contributed by atoms with Crippen molar-refractivity contribution in [3.63, 3.8) is 0 Å². The lowest BCUT2D eigenvalue weighted by atomic mass is 10.1. The molecule has 0 aliphatic rings. The third-order valence-corrected chi connectivity index (χ3v) is 3.97. The molecule has 0 atom stereocenters. The van der Waals surface area contributed by atoms with Crippen molar-refractivity contribution in [1.29, 1.82) is 0 Å². The van der Waals surface area contributed by atoms with Crippen LogP contribution >= 0.6 is 24.0 Å². The first-order valence-electron chi connectivity index (χ1n) is 8.49. The summed E-state index contributed by atoms with van der Waals surface area (Å²) in [6.45, 7) is 2.75. The van der Waals surface area contributed by atoms with E-state index in [-0.39, 0.29) is 24.0 Å². The molecule has 1 heterocycles. The molecule has 0 amide bonds. The van der Waals surface area contributed by atoms with Crippen molar-refractivity contribution in [2.24, 2.45) is 10.7 Å². The predicted molar refractivity (Wildman–Crippen MR) is 119 cm³/mol. The van der Waals surface area contributed by atoms with Crippen molar-refractivity contribution in [3.8, 4) is 5.69 Å². The molecule has 0 unspecified atom stereocenters. The summed E-state index contributed by atoms with van der Waals surface area (Å²) in [6.07, 6.45) is 5.72. The fourth-order valence-electron chi connectivity index (χ4n) is 2.53. The highest BCUT2D eigenvalue weighted by Gasteiger charge is 2.01. The Morgan fingerprint density at radius 2 is 1.81 bits per heavy atom. The minimum Gasteiger partial charge on any atom is -0.370 e. The molecule has 1 aromatic heterocycles. The van der Waals surface area contributed by atoms with Gasteiger partial charge in [-0.3, -0.25) is 4.99 Å². The van der Waals surface area contributed by atoms with Crippen molar-refractivity contribution in [1.82, 2.24) is 9.78 Å². The molecule has 0 spiro atoms. The van der Waals surface area contributed by atoms with Gasteiger partial charge in [-0.2, -0.15) is 5.10 Å². The van der Waals surface area contributed by atoms with Crippen LogP contribution in [0.5, 0.6) is 0 Å². The zero-order chi connectivity index (χ0) is 17.5. The van der Waals surface area contributed by atoms with Gasteiger partial charge in [0, 0.05) is 18.4 Å². The number of hydrogen-bond acceptors (Lipinski definition) is 2. The second-order valence-corrected chi connectivity index (χ2v) is 5.82. The Hall–Kier alpha value is -2.35. The van der Waals surface area contributed by atoms with E-state index in [1.54, 1.807) is 0 Å². The number of rotatable bonds is 6. The molecule has 6 heteroatoms. The lowest BCUT2D eigenvalue weighted by molar-refractivity contribution is 0.879. The zero-order valence-electron chi connectivity index (χ0n) is 14.8. The highest BCUT2D eigenvalue weighted by Crippen LogP contribution is 2.10. The Morgan fingerprint density at radius 3 is 2.50 bits per heavy atom. The van der Waals surface area contributed by atoms with Crippen LogP contribution in [0.4, 0.5) is 5.69 Å². The number of nitrogens with one attached hydrogen (secondary N) is 1. The summed E-state index contributed by atoms with van der Waals surface area (Å²) in [6, 6.07) is 18.3. The Balaban J connectivity index is 0.00000243. The lowest BCUT2D eigenvalue weighted by Crippen LogP contribution is -2.23. The number of aromatic nitrogens is 2. The van der Waals surface area contributed by atoms with Crippen molar-refractivity contribution >= 4 is 35.6 Å². The van der Waals surface area contributed by atoms with Crippen LogP contribution in [-0.4, -0.2) is 22.3 Å². The summed E-state index contributed by atoms with van der Waals surface area (Å²) in [5.74, 6) is 0.430. The van der Waals surface area contributed by atoms with Crippen molar-refractivity contribution in [3.05, 3.63) is 78.1 Å². The van der Waals surface area contributed by atoms with Crippen molar-refractivity contribution in [2.75, 3.05) is 11.9 Å². The molecule has 0 radical (unpaired) electrons. The standard InChI is InChI=1S/C20H23N5.HI/c1-2-16-8-10-18(11-9-16)24-20(21)22-13-12-17-14-23-25(15-17)19-6-4-3-5-7-19;/h3-11,14-15H,2,12-13H2,1H3,(H3,21,22,24);1H. The molecular weight excluding hydrogens is 437 g/mol. The summed E-state index contributed by atoms with van der Waals surface area (Å²) in [5, 5.41) is 7.51. The Bertz CT molecular complexity index is 825. The number of nitrogens with zero attached hydrogens (tertiary/aromatic N) is 3. The third kappa shape index (κ3) is 5.59. The third-order valence-electron chi connectivity index (χ3n) is 3.97. The summed E-state index contributed by atoms with van der Waals surface area (Å²) in [5.41, 5.74) is 10.4. The number of nitrogens with two attached hydrogens (primary N) is 1. The van der Waals surface area contributed by atoms with Gasteiger partial charge in [0.25, 0.3) is 0 Å². The minimum absolute atomic E-state index is 0. The molecule has 5 nitrogen and oxygen atoms in total. The molecule has 0 aliphatic heterocycles. The number of anilines is 1. The molecule has 0 bridgehead atoms. The highest BCUT2D eigenvalue weighted by molar-refractivity contribution is 14.0. The lowest BCUT2D eigenvalue weighted by Gasteiger charge is -2.06. The van der Waals surface area contributed by atoms with Gasteiger partial charge in [-0.05, 0) is 48.2 Å². The number of aliphatic imine (C=N–C) groups is 1.